The van der Waals surface area contributed by atoms with Crippen LogP contribution in [0.25, 0.3) is 0 Å². The minimum atomic E-state index is -3.35. The van der Waals surface area contributed by atoms with Crippen LogP contribution < -0.4 is 10.0 Å². The molecule has 0 spiro atoms. The predicted molar refractivity (Wildman–Crippen MR) is 71.0 cm³/mol. The van der Waals surface area contributed by atoms with E-state index >= 15 is 0 Å². The van der Waals surface area contributed by atoms with Gasteiger partial charge in [0.05, 0.1) is 0 Å². The van der Waals surface area contributed by atoms with Crippen molar-refractivity contribution in [1.29, 1.82) is 0 Å². The van der Waals surface area contributed by atoms with Crippen LogP contribution in [0.15, 0.2) is 18.2 Å². The Kier molecular flexibility index (Phi) is 4.01. The van der Waals surface area contributed by atoms with E-state index < -0.39 is 10.2 Å². The summed E-state index contributed by atoms with van der Waals surface area (Å²) in [5.41, 5.74) is 3.55. The van der Waals surface area contributed by atoms with E-state index in [-0.39, 0.29) is 0 Å². The van der Waals surface area contributed by atoms with Crippen LogP contribution in [0.3, 0.4) is 0 Å². The Balaban J connectivity index is 2.03. The lowest BCUT2D eigenvalue weighted by atomic mass is 10.1. The summed E-state index contributed by atoms with van der Waals surface area (Å²) in [5, 5.41) is 3.27. The van der Waals surface area contributed by atoms with Crippen LogP contribution in [0, 0.1) is 0 Å². The predicted octanol–water partition coefficient (Wildman–Crippen LogP) is 0.576. The average molecular weight is 269 g/mol. The fourth-order valence-corrected chi connectivity index (χ4v) is 2.82. The van der Waals surface area contributed by atoms with Gasteiger partial charge in [-0.25, -0.2) is 0 Å². The molecule has 1 aromatic rings. The van der Waals surface area contributed by atoms with Crippen molar-refractivity contribution in [2.24, 2.45) is 0 Å². The molecule has 1 aliphatic heterocycles. The van der Waals surface area contributed by atoms with E-state index in [9.17, 15) is 8.42 Å². The second-order valence-corrected chi connectivity index (χ2v) is 6.31. The lowest BCUT2D eigenvalue weighted by Gasteiger charge is -2.15. The highest BCUT2D eigenvalue weighted by molar-refractivity contribution is 7.87. The average Bonchev–Trinajstić information content (AvgIpc) is 2.82. The lowest BCUT2D eigenvalue weighted by molar-refractivity contribution is 0.473. The number of hydrogen-bond donors (Lipinski definition) is 2. The van der Waals surface area contributed by atoms with Gasteiger partial charge in [-0.15, -0.1) is 0 Å². The van der Waals surface area contributed by atoms with Crippen LogP contribution in [0.5, 0.6) is 0 Å². The molecule has 1 aromatic carbocycles. The molecule has 2 rings (SSSR count). The zero-order valence-corrected chi connectivity index (χ0v) is 11.5. The summed E-state index contributed by atoms with van der Waals surface area (Å²) < 4.78 is 27.4. The lowest BCUT2D eigenvalue weighted by Crippen LogP contribution is -2.37. The van der Waals surface area contributed by atoms with Gasteiger partial charge < -0.3 is 5.32 Å². The van der Waals surface area contributed by atoms with E-state index in [2.05, 4.69) is 22.2 Å². The molecule has 0 aromatic heterocycles. The van der Waals surface area contributed by atoms with Crippen molar-refractivity contribution in [2.45, 2.75) is 26.6 Å². The van der Waals surface area contributed by atoms with Crippen LogP contribution in [0.2, 0.25) is 0 Å². The molecule has 0 saturated heterocycles. The van der Waals surface area contributed by atoms with Gasteiger partial charge in [0.15, 0.2) is 0 Å². The summed E-state index contributed by atoms with van der Waals surface area (Å²) in [6.07, 6.45) is 0. The molecule has 0 fully saturated rings. The standard InChI is InChI=1S/C12H19N3O2S/c1-3-15(2)18(16,17)14-7-10-4-5-11-8-13-9-12(11)6-10/h4-6,13-14H,3,7-9H2,1-2H3. The van der Waals surface area contributed by atoms with Gasteiger partial charge in [0.25, 0.3) is 10.2 Å². The van der Waals surface area contributed by atoms with E-state index in [1.807, 2.05) is 6.07 Å². The van der Waals surface area contributed by atoms with Crippen molar-refractivity contribution < 1.29 is 8.42 Å². The SMILES string of the molecule is CCN(C)S(=O)(=O)NCc1ccc2c(c1)CNC2. The number of nitrogens with one attached hydrogen (secondary N) is 2. The monoisotopic (exact) mass is 269 g/mol. The third-order valence-corrected chi connectivity index (χ3v) is 4.80. The van der Waals surface area contributed by atoms with Crippen molar-refractivity contribution >= 4 is 10.2 Å². The number of benzene rings is 1. The normalized spacial score (nSPS) is 15.1. The van der Waals surface area contributed by atoms with Gasteiger partial charge in [-0.3, -0.25) is 0 Å². The minimum Gasteiger partial charge on any atom is -0.309 e. The maximum atomic E-state index is 11.8. The second-order valence-electron chi connectivity index (χ2n) is 4.45. The van der Waals surface area contributed by atoms with E-state index in [1.165, 1.54) is 15.4 Å². The zero-order chi connectivity index (χ0) is 13.2. The van der Waals surface area contributed by atoms with Crippen LogP contribution in [0.1, 0.15) is 23.6 Å². The molecule has 1 heterocycles. The van der Waals surface area contributed by atoms with Crippen molar-refractivity contribution in [2.75, 3.05) is 13.6 Å². The zero-order valence-electron chi connectivity index (χ0n) is 10.7. The summed E-state index contributed by atoms with van der Waals surface area (Å²) in [7, 11) is -1.79. The Bertz CT molecular complexity index is 528. The minimum absolute atomic E-state index is 0.333. The van der Waals surface area contributed by atoms with E-state index in [0.29, 0.717) is 13.1 Å². The fraction of sp³-hybridized carbons (Fsp3) is 0.500. The summed E-state index contributed by atoms with van der Waals surface area (Å²) in [5.74, 6) is 0. The smallest absolute Gasteiger partial charge is 0.279 e. The molecule has 0 atom stereocenters. The third-order valence-electron chi connectivity index (χ3n) is 3.22. The summed E-state index contributed by atoms with van der Waals surface area (Å²) in [6.45, 7) is 4.37. The molecule has 100 valence electrons. The Morgan fingerprint density at radius 1 is 1.33 bits per heavy atom. The molecule has 2 N–H and O–H groups in total. The Morgan fingerprint density at radius 3 is 2.78 bits per heavy atom. The molecule has 0 bridgehead atoms. The topological polar surface area (TPSA) is 61.4 Å². The fourth-order valence-electron chi connectivity index (χ4n) is 1.91. The molecular weight excluding hydrogens is 250 g/mol. The maximum Gasteiger partial charge on any atom is 0.279 e. The van der Waals surface area contributed by atoms with Crippen molar-refractivity contribution in [3.63, 3.8) is 0 Å². The first-order valence-corrected chi connectivity index (χ1v) is 7.49. The number of nitrogens with zero attached hydrogens (tertiary/aromatic N) is 1. The van der Waals surface area contributed by atoms with Gasteiger partial charge in [-0.05, 0) is 16.7 Å². The summed E-state index contributed by atoms with van der Waals surface area (Å²) in [4.78, 5) is 0. The van der Waals surface area contributed by atoms with Gasteiger partial charge in [0.1, 0.15) is 0 Å². The number of rotatable bonds is 5. The Morgan fingerprint density at radius 2 is 2.06 bits per heavy atom. The molecule has 0 radical (unpaired) electrons. The van der Waals surface area contributed by atoms with Gasteiger partial charge in [0.2, 0.25) is 0 Å². The molecule has 6 heteroatoms. The van der Waals surface area contributed by atoms with Gasteiger partial charge >= 0.3 is 0 Å². The number of fused-ring (bicyclic) bond motifs is 1. The quantitative estimate of drug-likeness (QED) is 0.822. The summed E-state index contributed by atoms with van der Waals surface area (Å²) >= 11 is 0. The Labute approximate surface area is 108 Å². The second kappa shape index (κ2) is 5.36. The van der Waals surface area contributed by atoms with Gasteiger partial charge in [0, 0.05) is 33.2 Å². The van der Waals surface area contributed by atoms with Crippen LogP contribution in [0.4, 0.5) is 0 Å². The van der Waals surface area contributed by atoms with E-state index in [0.717, 1.165) is 18.7 Å². The first-order valence-electron chi connectivity index (χ1n) is 6.05. The largest absolute Gasteiger partial charge is 0.309 e. The molecule has 18 heavy (non-hydrogen) atoms. The molecule has 0 saturated carbocycles. The molecule has 5 nitrogen and oxygen atoms in total. The highest BCUT2D eigenvalue weighted by Gasteiger charge is 2.15. The maximum absolute atomic E-state index is 11.8. The molecule has 0 amide bonds. The van der Waals surface area contributed by atoms with Crippen LogP contribution >= 0.6 is 0 Å². The highest BCUT2D eigenvalue weighted by atomic mass is 32.2. The van der Waals surface area contributed by atoms with E-state index in [1.54, 1.807) is 14.0 Å². The number of hydrogen-bond acceptors (Lipinski definition) is 3. The third kappa shape index (κ3) is 2.89. The van der Waals surface area contributed by atoms with Crippen LogP contribution in [-0.4, -0.2) is 26.3 Å². The van der Waals surface area contributed by atoms with E-state index in [4.69, 9.17) is 0 Å². The molecule has 0 aliphatic carbocycles. The van der Waals surface area contributed by atoms with Gasteiger partial charge in [-0.2, -0.15) is 17.4 Å². The first kappa shape index (κ1) is 13.5. The first-order chi connectivity index (χ1) is 8.53. The highest BCUT2D eigenvalue weighted by Crippen LogP contribution is 2.17. The van der Waals surface area contributed by atoms with Crippen molar-refractivity contribution in [1.82, 2.24) is 14.3 Å². The molecular formula is C12H19N3O2S. The van der Waals surface area contributed by atoms with Crippen LogP contribution in [-0.2, 0) is 29.8 Å². The molecule has 0 unspecified atom stereocenters. The van der Waals surface area contributed by atoms with Crippen molar-refractivity contribution in [3.05, 3.63) is 34.9 Å². The van der Waals surface area contributed by atoms with Crippen molar-refractivity contribution in [3.8, 4) is 0 Å². The Hall–Kier alpha value is -0.950. The molecule has 1 aliphatic rings. The summed E-state index contributed by atoms with van der Waals surface area (Å²) in [6, 6.07) is 6.09. The van der Waals surface area contributed by atoms with Gasteiger partial charge in [-0.1, -0.05) is 25.1 Å².